The summed E-state index contributed by atoms with van der Waals surface area (Å²) >= 11 is 1.79. The maximum atomic E-state index is 12.8. The van der Waals surface area contributed by atoms with Gasteiger partial charge in [-0.1, -0.05) is 0 Å². The van der Waals surface area contributed by atoms with Gasteiger partial charge in [0.1, 0.15) is 11.9 Å². The first-order chi connectivity index (χ1) is 5.77. The van der Waals surface area contributed by atoms with Crippen LogP contribution in [0, 0.1) is 5.82 Å². The van der Waals surface area contributed by atoms with Crippen molar-refractivity contribution < 1.29 is 10.1 Å². The van der Waals surface area contributed by atoms with E-state index in [9.17, 15) is 4.39 Å². The Bertz CT molecular complexity index is 301. The van der Waals surface area contributed by atoms with Gasteiger partial charge in [0, 0.05) is 22.6 Å². The van der Waals surface area contributed by atoms with Gasteiger partial charge in [0.05, 0.1) is 0 Å². The van der Waals surface area contributed by atoms with Gasteiger partial charge in [-0.05, 0) is 18.2 Å². The molecule has 0 fully saturated rings. The molecule has 1 aliphatic rings. The lowest BCUT2D eigenvalue weighted by Gasteiger charge is -2.18. The van der Waals surface area contributed by atoms with E-state index in [0.717, 1.165) is 17.7 Å². The van der Waals surface area contributed by atoms with Gasteiger partial charge in [0.25, 0.3) is 0 Å². The zero-order valence-electron chi connectivity index (χ0n) is 6.72. The van der Waals surface area contributed by atoms with Crippen LogP contribution in [-0.2, 0) is 0 Å². The third-order valence-corrected chi connectivity index (χ3v) is 3.26. The van der Waals surface area contributed by atoms with Crippen molar-refractivity contribution in [2.45, 2.75) is 17.4 Å². The predicted octanol–water partition coefficient (Wildman–Crippen LogP) is 1.60. The van der Waals surface area contributed by atoms with Crippen LogP contribution in [0.5, 0.6) is 0 Å². The second-order valence-corrected chi connectivity index (χ2v) is 4.15. The number of hydrogen-bond acceptors (Lipinski definition) is 1. The first-order valence-corrected chi connectivity index (χ1v) is 5.01. The molecule has 0 spiro atoms. The number of benzene rings is 1. The summed E-state index contributed by atoms with van der Waals surface area (Å²) in [5.74, 6) is 0.956. The number of hydrogen-bond donors (Lipinski definition) is 1. The molecule has 0 bridgehead atoms. The van der Waals surface area contributed by atoms with Gasteiger partial charge in [-0.2, -0.15) is 0 Å². The zero-order valence-corrected chi connectivity index (χ0v) is 7.53. The normalized spacial score (nSPS) is 22.0. The van der Waals surface area contributed by atoms with Gasteiger partial charge in [-0.25, -0.2) is 4.39 Å². The van der Waals surface area contributed by atoms with Crippen molar-refractivity contribution in [1.82, 2.24) is 0 Å². The van der Waals surface area contributed by atoms with E-state index in [1.54, 1.807) is 17.8 Å². The second kappa shape index (κ2) is 3.07. The Hall–Kier alpha value is -0.540. The molecule has 12 heavy (non-hydrogen) atoms. The van der Waals surface area contributed by atoms with Crippen molar-refractivity contribution in [1.29, 1.82) is 0 Å². The maximum absolute atomic E-state index is 12.8. The Morgan fingerprint density at radius 2 is 2.33 bits per heavy atom. The maximum Gasteiger partial charge on any atom is 0.123 e. The fourth-order valence-corrected chi connectivity index (χ4v) is 2.62. The standard InChI is InChI=1S/C9H10FNS/c10-6-1-2-9-7(5-6)8(11)3-4-12-9/h1-2,5,8H,3-4,11H2/p+1/t8-/m0/s1. The number of rotatable bonds is 0. The zero-order chi connectivity index (χ0) is 8.55. The summed E-state index contributed by atoms with van der Waals surface area (Å²) < 4.78 is 12.8. The molecule has 0 saturated heterocycles. The van der Waals surface area contributed by atoms with E-state index in [4.69, 9.17) is 0 Å². The molecule has 3 heteroatoms. The lowest BCUT2D eigenvalue weighted by Crippen LogP contribution is -2.54. The Morgan fingerprint density at radius 3 is 3.17 bits per heavy atom. The quantitative estimate of drug-likeness (QED) is 0.651. The molecular weight excluding hydrogens is 173 g/mol. The van der Waals surface area contributed by atoms with E-state index in [1.807, 2.05) is 6.07 Å². The summed E-state index contributed by atoms with van der Waals surface area (Å²) in [6, 6.07) is 5.26. The fraction of sp³-hybridized carbons (Fsp3) is 0.333. The van der Waals surface area contributed by atoms with E-state index >= 15 is 0 Å². The van der Waals surface area contributed by atoms with Crippen LogP contribution in [0.3, 0.4) is 0 Å². The molecule has 3 N–H and O–H groups in total. The van der Waals surface area contributed by atoms with Crippen molar-refractivity contribution >= 4 is 11.8 Å². The van der Waals surface area contributed by atoms with Crippen molar-refractivity contribution in [3.05, 3.63) is 29.6 Å². The molecule has 1 aliphatic heterocycles. The van der Waals surface area contributed by atoms with Crippen LogP contribution in [0.2, 0.25) is 0 Å². The molecule has 0 aromatic heterocycles. The highest BCUT2D eigenvalue weighted by molar-refractivity contribution is 7.99. The molecular formula is C9H11FNS+. The predicted molar refractivity (Wildman–Crippen MR) is 47.4 cm³/mol. The minimum Gasteiger partial charge on any atom is -0.351 e. The summed E-state index contributed by atoms with van der Waals surface area (Å²) in [4.78, 5) is 1.20. The van der Waals surface area contributed by atoms with Gasteiger partial charge in [0.2, 0.25) is 0 Å². The van der Waals surface area contributed by atoms with Crippen LogP contribution in [0.25, 0.3) is 0 Å². The lowest BCUT2D eigenvalue weighted by atomic mass is 10.1. The molecule has 1 heterocycles. The molecule has 1 nitrogen and oxygen atoms in total. The number of halogens is 1. The number of thioether (sulfide) groups is 1. The number of fused-ring (bicyclic) bond motifs is 1. The topological polar surface area (TPSA) is 27.6 Å². The van der Waals surface area contributed by atoms with E-state index in [-0.39, 0.29) is 11.9 Å². The third kappa shape index (κ3) is 1.34. The van der Waals surface area contributed by atoms with Gasteiger partial charge in [-0.3, -0.25) is 0 Å². The third-order valence-electron chi connectivity index (χ3n) is 2.14. The molecule has 64 valence electrons. The van der Waals surface area contributed by atoms with Crippen molar-refractivity contribution in [2.75, 3.05) is 5.75 Å². The molecule has 0 amide bonds. The Kier molecular flexibility index (Phi) is 2.07. The highest BCUT2D eigenvalue weighted by atomic mass is 32.2. The van der Waals surface area contributed by atoms with Crippen LogP contribution in [0.4, 0.5) is 4.39 Å². The second-order valence-electron chi connectivity index (χ2n) is 3.02. The van der Waals surface area contributed by atoms with Crippen LogP contribution in [-0.4, -0.2) is 5.75 Å². The van der Waals surface area contributed by atoms with Crippen molar-refractivity contribution in [3.63, 3.8) is 0 Å². The lowest BCUT2D eigenvalue weighted by molar-refractivity contribution is -0.427. The molecule has 1 atom stereocenters. The molecule has 1 aromatic carbocycles. The fourth-order valence-electron chi connectivity index (χ4n) is 1.44. The Balaban J connectivity index is 2.47. The first kappa shape index (κ1) is 8.08. The monoisotopic (exact) mass is 184 g/mol. The van der Waals surface area contributed by atoms with Gasteiger partial charge in [-0.15, -0.1) is 11.8 Å². The molecule has 0 saturated carbocycles. The van der Waals surface area contributed by atoms with Gasteiger partial charge in [0.15, 0.2) is 0 Å². The summed E-state index contributed by atoms with van der Waals surface area (Å²) in [7, 11) is 0. The Labute approximate surface area is 75.1 Å². The van der Waals surface area contributed by atoms with Crippen LogP contribution >= 0.6 is 11.8 Å². The highest BCUT2D eigenvalue weighted by Crippen LogP contribution is 2.33. The van der Waals surface area contributed by atoms with Crippen LogP contribution < -0.4 is 5.73 Å². The van der Waals surface area contributed by atoms with E-state index in [0.29, 0.717) is 0 Å². The summed E-state index contributed by atoms with van der Waals surface area (Å²) in [6.45, 7) is 0. The Morgan fingerprint density at radius 1 is 1.50 bits per heavy atom. The minimum absolute atomic E-state index is 0.148. The molecule has 0 aliphatic carbocycles. The summed E-state index contributed by atoms with van der Waals surface area (Å²) in [5, 5.41) is 0. The van der Waals surface area contributed by atoms with E-state index < -0.39 is 0 Å². The van der Waals surface area contributed by atoms with Crippen molar-refractivity contribution in [3.8, 4) is 0 Å². The first-order valence-electron chi connectivity index (χ1n) is 4.02. The van der Waals surface area contributed by atoms with Crippen molar-refractivity contribution in [2.24, 2.45) is 0 Å². The highest BCUT2D eigenvalue weighted by Gasteiger charge is 2.20. The van der Waals surface area contributed by atoms with Gasteiger partial charge < -0.3 is 5.73 Å². The SMILES string of the molecule is [NH3+][C@H]1CCSc2ccc(F)cc21. The molecule has 0 radical (unpaired) electrons. The van der Waals surface area contributed by atoms with Crippen LogP contribution in [0.1, 0.15) is 18.0 Å². The summed E-state index contributed by atoms with van der Waals surface area (Å²) in [5.41, 5.74) is 5.08. The minimum atomic E-state index is -0.148. The van der Waals surface area contributed by atoms with E-state index in [1.165, 1.54) is 11.0 Å². The smallest absolute Gasteiger partial charge is 0.123 e. The largest absolute Gasteiger partial charge is 0.351 e. The molecule has 0 unspecified atom stereocenters. The average molecular weight is 184 g/mol. The molecule has 1 aromatic rings. The van der Waals surface area contributed by atoms with Crippen LogP contribution in [0.15, 0.2) is 23.1 Å². The van der Waals surface area contributed by atoms with Gasteiger partial charge >= 0.3 is 0 Å². The average Bonchev–Trinajstić information content (AvgIpc) is 2.07. The number of quaternary nitrogens is 1. The molecule has 2 rings (SSSR count). The summed E-state index contributed by atoms with van der Waals surface area (Å²) in [6.07, 6.45) is 1.06. The van der Waals surface area contributed by atoms with E-state index in [2.05, 4.69) is 5.73 Å².